The standard InChI is InChI=1S/C21H21N3O3/c1-3-14-23(17-12-8-5-9-13-17)18(25)15-24-19(26)21(2,22-20(24)27)16-10-6-4-7-11-16/h3-13H,1,14-15H2,2H3,(H,22,27)/t21-/m1/s1. The van der Waals surface area contributed by atoms with E-state index in [0.717, 1.165) is 4.90 Å². The summed E-state index contributed by atoms with van der Waals surface area (Å²) < 4.78 is 0. The van der Waals surface area contributed by atoms with Gasteiger partial charge in [0.05, 0.1) is 0 Å². The Morgan fingerprint density at radius 2 is 1.70 bits per heavy atom. The lowest BCUT2D eigenvalue weighted by Gasteiger charge is -2.24. The van der Waals surface area contributed by atoms with Gasteiger partial charge in [0.25, 0.3) is 5.91 Å². The van der Waals surface area contributed by atoms with Crippen LogP contribution in [0.25, 0.3) is 0 Å². The van der Waals surface area contributed by atoms with Crippen molar-refractivity contribution in [3.8, 4) is 0 Å². The molecule has 1 fully saturated rings. The van der Waals surface area contributed by atoms with E-state index in [9.17, 15) is 14.4 Å². The number of para-hydroxylation sites is 1. The van der Waals surface area contributed by atoms with E-state index in [1.807, 2.05) is 24.3 Å². The number of nitrogens with one attached hydrogen (secondary N) is 1. The van der Waals surface area contributed by atoms with Crippen LogP contribution < -0.4 is 10.2 Å². The zero-order valence-electron chi connectivity index (χ0n) is 15.1. The van der Waals surface area contributed by atoms with Crippen molar-refractivity contribution < 1.29 is 14.4 Å². The van der Waals surface area contributed by atoms with Crippen LogP contribution in [0, 0.1) is 0 Å². The molecule has 6 heteroatoms. The van der Waals surface area contributed by atoms with Crippen molar-refractivity contribution >= 4 is 23.5 Å². The highest BCUT2D eigenvalue weighted by Gasteiger charge is 2.49. The zero-order chi connectivity index (χ0) is 19.4. The summed E-state index contributed by atoms with van der Waals surface area (Å²) in [6.07, 6.45) is 1.60. The molecule has 27 heavy (non-hydrogen) atoms. The van der Waals surface area contributed by atoms with E-state index < -0.39 is 17.5 Å². The first-order valence-electron chi connectivity index (χ1n) is 8.63. The summed E-state index contributed by atoms with van der Waals surface area (Å²) in [6.45, 7) is 5.27. The predicted octanol–water partition coefficient (Wildman–Crippen LogP) is 2.67. The summed E-state index contributed by atoms with van der Waals surface area (Å²) in [5.74, 6) is -0.805. The number of rotatable bonds is 6. The van der Waals surface area contributed by atoms with Gasteiger partial charge in [-0.2, -0.15) is 0 Å². The normalized spacial score (nSPS) is 18.9. The maximum absolute atomic E-state index is 12.9. The highest BCUT2D eigenvalue weighted by atomic mass is 16.2. The lowest BCUT2D eigenvalue weighted by atomic mass is 9.92. The zero-order valence-corrected chi connectivity index (χ0v) is 15.1. The van der Waals surface area contributed by atoms with E-state index in [2.05, 4.69) is 11.9 Å². The second kappa shape index (κ2) is 7.45. The van der Waals surface area contributed by atoms with E-state index >= 15 is 0 Å². The molecule has 1 aliphatic rings. The fourth-order valence-corrected chi connectivity index (χ4v) is 3.12. The van der Waals surface area contributed by atoms with E-state index in [0.29, 0.717) is 11.3 Å². The second-order valence-electron chi connectivity index (χ2n) is 6.44. The minimum atomic E-state index is -1.19. The number of anilines is 1. The topological polar surface area (TPSA) is 69.7 Å². The van der Waals surface area contributed by atoms with E-state index in [4.69, 9.17) is 0 Å². The summed E-state index contributed by atoms with van der Waals surface area (Å²) in [4.78, 5) is 40.7. The van der Waals surface area contributed by atoms with Crippen molar-refractivity contribution in [2.24, 2.45) is 0 Å². The molecule has 138 valence electrons. The number of amides is 4. The van der Waals surface area contributed by atoms with Crippen LogP contribution in [0.15, 0.2) is 73.3 Å². The maximum atomic E-state index is 12.9. The minimum absolute atomic E-state index is 0.280. The fraction of sp³-hybridized carbons (Fsp3) is 0.190. The molecule has 2 aromatic rings. The second-order valence-corrected chi connectivity index (χ2v) is 6.44. The van der Waals surface area contributed by atoms with Gasteiger partial charge in [0.1, 0.15) is 12.1 Å². The number of benzene rings is 2. The SMILES string of the molecule is C=CCN(C(=O)CN1C(=O)N[C@](C)(c2ccccc2)C1=O)c1ccccc1. The maximum Gasteiger partial charge on any atom is 0.325 e. The predicted molar refractivity (Wildman–Crippen MR) is 103 cm³/mol. The third-order valence-electron chi connectivity index (χ3n) is 4.60. The average Bonchev–Trinajstić information content (AvgIpc) is 2.91. The van der Waals surface area contributed by atoms with Crippen LogP contribution in [0.4, 0.5) is 10.5 Å². The molecule has 4 amide bonds. The molecule has 0 unspecified atom stereocenters. The van der Waals surface area contributed by atoms with Gasteiger partial charge in [-0.3, -0.25) is 14.5 Å². The van der Waals surface area contributed by atoms with Crippen LogP contribution >= 0.6 is 0 Å². The Balaban J connectivity index is 1.82. The van der Waals surface area contributed by atoms with Crippen LogP contribution in [-0.2, 0) is 15.1 Å². The summed E-state index contributed by atoms with van der Waals surface area (Å²) >= 11 is 0. The van der Waals surface area contributed by atoms with Crippen molar-refractivity contribution in [1.29, 1.82) is 0 Å². The summed E-state index contributed by atoms with van der Waals surface area (Å²) in [7, 11) is 0. The van der Waals surface area contributed by atoms with Crippen molar-refractivity contribution in [3.63, 3.8) is 0 Å². The van der Waals surface area contributed by atoms with Gasteiger partial charge in [0.2, 0.25) is 5.91 Å². The molecule has 1 saturated heterocycles. The Bertz CT molecular complexity index is 867. The highest BCUT2D eigenvalue weighted by Crippen LogP contribution is 2.28. The first-order valence-corrected chi connectivity index (χ1v) is 8.63. The average molecular weight is 363 g/mol. The first kappa shape index (κ1) is 18.4. The third kappa shape index (κ3) is 3.46. The van der Waals surface area contributed by atoms with Gasteiger partial charge in [-0.05, 0) is 24.6 Å². The largest absolute Gasteiger partial charge is 0.325 e. The number of nitrogens with zero attached hydrogens (tertiary/aromatic N) is 2. The molecule has 1 heterocycles. The molecule has 0 aliphatic carbocycles. The van der Waals surface area contributed by atoms with Gasteiger partial charge in [-0.1, -0.05) is 54.6 Å². The molecule has 0 aromatic heterocycles. The number of hydrogen-bond donors (Lipinski definition) is 1. The number of carbonyl (C=O) groups excluding carboxylic acids is 3. The van der Waals surface area contributed by atoms with Gasteiger partial charge in [0.15, 0.2) is 0 Å². The van der Waals surface area contributed by atoms with E-state index in [1.54, 1.807) is 49.4 Å². The highest BCUT2D eigenvalue weighted by molar-refractivity contribution is 6.10. The number of imide groups is 1. The van der Waals surface area contributed by atoms with Gasteiger partial charge in [0, 0.05) is 12.2 Å². The Morgan fingerprint density at radius 3 is 2.30 bits per heavy atom. The van der Waals surface area contributed by atoms with Crippen LogP contribution in [0.2, 0.25) is 0 Å². The molecular formula is C21H21N3O3. The third-order valence-corrected chi connectivity index (χ3v) is 4.60. The van der Waals surface area contributed by atoms with Gasteiger partial charge >= 0.3 is 6.03 Å². The summed E-state index contributed by atoms with van der Waals surface area (Å²) in [5, 5.41) is 2.71. The summed E-state index contributed by atoms with van der Waals surface area (Å²) in [6, 6.07) is 17.5. The van der Waals surface area contributed by atoms with Gasteiger partial charge in [-0.15, -0.1) is 6.58 Å². The van der Waals surface area contributed by atoms with E-state index in [1.165, 1.54) is 4.90 Å². The molecule has 1 atom stereocenters. The smallest absolute Gasteiger partial charge is 0.319 e. The molecular weight excluding hydrogens is 342 g/mol. The van der Waals surface area contributed by atoms with Crippen LogP contribution in [-0.4, -0.2) is 35.8 Å². The molecule has 0 radical (unpaired) electrons. The monoisotopic (exact) mass is 363 g/mol. The molecule has 0 spiro atoms. The Kier molecular flexibility index (Phi) is 5.07. The molecule has 1 N–H and O–H groups in total. The van der Waals surface area contributed by atoms with Crippen LogP contribution in [0.5, 0.6) is 0 Å². The van der Waals surface area contributed by atoms with E-state index in [-0.39, 0.29) is 19.0 Å². The lowest BCUT2D eigenvalue weighted by molar-refractivity contribution is -0.134. The first-order chi connectivity index (χ1) is 13.0. The van der Waals surface area contributed by atoms with Crippen molar-refractivity contribution in [2.45, 2.75) is 12.5 Å². The number of hydrogen-bond acceptors (Lipinski definition) is 3. The van der Waals surface area contributed by atoms with Crippen LogP contribution in [0.1, 0.15) is 12.5 Å². The van der Waals surface area contributed by atoms with Crippen LogP contribution in [0.3, 0.4) is 0 Å². The number of carbonyl (C=O) groups is 3. The molecule has 3 rings (SSSR count). The number of urea groups is 1. The molecule has 1 aliphatic heterocycles. The fourth-order valence-electron chi connectivity index (χ4n) is 3.12. The quantitative estimate of drug-likeness (QED) is 0.634. The van der Waals surface area contributed by atoms with Gasteiger partial charge < -0.3 is 10.2 Å². The molecule has 0 bridgehead atoms. The molecule has 6 nitrogen and oxygen atoms in total. The lowest BCUT2D eigenvalue weighted by Crippen LogP contribution is -2.44. The molecule has 0 saturated carbocycles. The molecule has 2 aromatic carbocycles. The summed E-state index contributed by atoms with van der Waals surface area (Å²) in [5.41, 5.74) is 0.166. The van der Waals surface area contributed by atoms with Crippen molar-refractivity contribution in [1.82, 2.24) is 10.2 Å². The van der Waals surface area contributed by atoms with Gasteiger partial charge in [-0.25, -0.2) is 4.79 Å². The van der Waals surface area contributed by atoms with Crippen molar-refractivity contribution in [3.05, 3.63) is 78.9 Å². The Labute approximate surface area is 158 Å². The Hall–Kier alpha value is -3.41. The van der Waals surface area contributed by atoms with Crippen molar-refractivity contribution in [2.75, 3.05) is 18.0 Å². The minimum Gasteiger partial charge on any atom is -0.319 e. The Morgan fingerprint density at radius 1 is 1.11 bits per heavy atom.